The van der Waals surface area contributed by atoms with Gasteiger partial charge in [0.25, 0.3) is 0 Å². The zero-order chi connectivity index (χ0) is 37.4. The van der Waals surface area contributed by atoms with Crippen molar-refractivity contribution in [2.45, 2.75) is 135 Å². The quantitative estimate of drug-likeness (QED) is 0.0414. The number of piperazine rings is 1. The summed E-state index contributed by atoms with van der Waals surface area (Å²) in [5, 5.41) is 2.24. The molecule has 0 N–H and O–H groups in total. The van der Waals surface area contributed by atoms with Gasteiger partial charge in [0.15, 0.2) is 0 Å². The molecule has 1 aliphatic rings. The van der Waals surface area contributed by atoms with Crippen LogP contribution < -0.4 is 14.4 Å². The molecule has 1 aromatic heterocycles. The molecule has 2 aromatic carbocycles. The Morgan fingerprint density at radius 2 is 1.32 bits per heavy atom. The van der Waals surface area contributed by atoms with Gasteiger partial charge in [-0.15, -0.1) is 0 Å². The van der Waals surface area contributed by atoms with Gasteiger partial charge in [0.05, 0.1) is 27.9 Å². The molecular weight excluding hydrogens is 705 g/mol. The number of benzene rings is 2. The minimum Gasteiger partial charge on any atom is -0.494 e. The van der Waals surface area contributed by atoms with E-state index in [-0.39, 0.29) is 12.8 Å². The van der Waals surface area contributed by atoms with Crippen LogP contribution in [0.2, 0.25) is 10.0 Å². The van der Waals surface area contributed by atoms with Gasteiger partial charge in [-0.25, -0.2) is 4.98 Å². The van der Waals surface area contributed by atoms with E-state index >= 15 is 0 Å². The van der Waals surface area contributed by atoms with E-state index in [9.17, 15) is 4.79 Å². The maximum Gasteiger partial charge on any atom is 0.308 e. The molecule has 7 nitrogen and oxygen atoms in total. The molecule has 3 aromatic rings. The van der Waals surface area contributed by atoms with E-state index in [0.29, 0.717) is 29.0 Å². The molecule has 1 fully saturated rings. The van der Waals surface area contributed by atoms with E-state index in [4.69, 9.17) is 37.4 Å². The van der Waals surface area contributed by atoms with Crippen molar-refractivity contribution >= 4 is 45.8 Å². The molecule has 1 saturated heterocycles. The summed E-state index contributed by atoms with van der Waals surface area (Å²) in [4.78, 5) is 21.6. The largest absolute Gasteiger partial charge is 0.494 e. The summed E-state index contributed by atoms with van der Waals surface area (Å²) in [5.41, 5.74) is 1.80. The van der Waals surface area contributed by atoms with Crippen LogP contribution in [0.15, 0.2) is 48.5 Å². The first-order valence-corrected chi connectivity index (χ1v) is 21.5. The number of carbonyl (C=O) groups excluding carboxylic acids is 1. The first kappa shape index (κ1) is 43.0. The molecule has 0 bridgehead atoms. The van der Waals surface area contributed by atoms with Crippen molar-refractivity contribution in [2.75, 3.05) is 51.0 Å². The topological polar surface area (TPSA) is 64.1 Å². The van der Waals surface area contributed by atoms with Gasteiger partial charge in [-0.2, -0.15) is 0 Å². The van der Waals surface area contributed by atoms with Crippen LogP contribution in [0.25, 0.3) is 10.9 Å². The summed E-state index contributed by atoms with van der Waals surface area (Å²) in [6.07, 6.45) is 25.0. The fraction of sp³-hybridized carbons (Fsp3) is 0.636. The molecule has 294 valence electrons. The average Bonchev–Trinajstić information content (AvgIpc) is 3.17. The van der Waals surface area contributed by atoms with Gasteiger partial charge in [0, 0.05) is 50.1 Å². The number of nitrogens with zero attached hydrogens (tertiary/aromatic N) is 3. The van der Waals surface area contributed by atoms with Gasteiger partial charge < -0.3 is 19.1 Å². The highest BCUT2D eigenvalue weighted by Crippen LogP contribution is 2.33. The van der Waals surface area contributed by atoms with Crippen molar-refractivity contribution in [3.8, 4) is 11.6 Å². The SMILES string of the molecule is CCCCCCCCCCCCCCCCCCCC(=O)OCOc1ccc2ccc(OCCCCN3CCN(c4cccc(Cl)c4Cl)CC3)cc2n1. The number of carbonyl (C=O) groups is 1. The van der Waals surface area contributed by atoms with Crippen LogP contribution >= 0.6 is 23.2 Å². The first-order chi connectivity index (χ1) is 26.0. The van der Waals surface area contributed by atoms with E-state index in [0.717, 1.165) is 80.7 Å². The summed E-state index contributed by atoms with van der Waals surface area (Å²) in [5.74, 6) is 1.000. The third kappa shape index (κ3) is 17.1. The highest BCUT2D eigenvalue weighted by atomic mass is 35.5. The average molecular weight is 771 g/mol. The molecule has 0 unspecified atom stereocenters. The molecule has 0 amide bonds. The van der Waals surface area contributed by atoms with Gasteiger partial charge in [-0.05, 0) is 56.1 Å². The highest BCUT2D eigenvalue weighted by Gasteiger charge is 2.19. The molecule has 53 heavy (non-hydrogen) atoms. The zero-order valence-corrected chi connectivity index (χ0v) is 34.0. The number of hydrogen-bond donors (Lipinski definition) is 0. The zero-order valence-electron chi connectivity index (χ0n) is 32.4. The lowest BCUT2D eigenvalue weighted by atomic mass is 10.0. The van der Waals surface area contributed by atoms with Crippen molar-refractivity contribution in [3.63, 3.8) is 0 Å². The Kier molecular flexibility index (Phi) is 21.2. The van der Waals surface area contributed by atoms with Crippen molar-refractivity contribution < 1.29 is 19.0 Å². The lowest BCUT2D eigenvalue weighted by Gasteiger charge is -2.36. The number of fused-ring (bicyclic) bond motifs is 1. The molecule has 0 saturated carbocycles. The van der Waals surface area contributed by atoms with E-state index < -0.39 is 0 Å². The van der Waals surface area contributed by atoms with Crippen LogP contribution in [-0.2, 0) is 9.53 Å². The summed E-state index contributed by atoms with van der Waals surface area (Å²) < 4.78 is 17.0. The summed E-state index contributed by atoms with van der Waals surface area (Å²) in [7, 11) is 0. The van der Waals surface area contributed by atoms with Crippen molar-refractivity contribution in [1.29, 1.82) is 0 Å². The molecule has 2 heterocycles. The molecule has 0 aliphatic carbocycles. The van der Waals surface area contributed by atoms with Crippen LogP contribution in [0.4, 0.5) is 5.69 Å². The molecule has 4 rings (SSSR count). The highest BCUT2D eigenvalue weighted by molar-refractivity contribution is 6.43. The number of rotatable bonds is 28. The van der Waals surface area contributed by atoms with Crippen LogP contribution in [0.1, 0.15) is 135 Å². The van der Waals surface area contributed by atoms with Gasteiger partial charge >= 0.3 is 5.97 Å². The van der Waals surface area contributed by atoms with Crippen LogP contribution in [0.3, 0.4) is 0 Å². The second-order valence-electron chi connectivity index (χ2n) is 14.6. The van der Waals surface area contributed by atoms with E-state index in [1.54, 1.807) is 6.07 Å². The molecular formula is C44H65Cl2N3O4. The number of aromatic nitrogens is 1. The number of anilines is 1. The molecule has 0 radical (unpaired) electrons. The summed E-state index contributed by atoms with van der Waals surface area (Å²) in [6.45, 7) is 7.73. The number of halogens is 2. The number of esters is 1. The Morgan fingerprint density at radius 1 is 0.698 bits per heavy atom. The normalized spacial score (nSPS) is 13.5. The summed E-state index contributed by atoms with van der Waals surface area (Å²) >= 11 is 12.6. The number of ether oxygens (including phenoxy) is 3. The maximum absolute atomic E-state index is 12.2. The van der Waals surface area contributed by atoms with Gasteiger partial charge in [0.2, 0.25) is 12.7 Å². The lowest BCUT2D eigenvalue weighted by molar-refractivity contribution is -0.150. The van der Waals surface area contributed by atoms with Crippen LogP contribution in [0, 0.1) is 0 Å². The van der Waals surface area contributed by atoms with Crippen molar-refractivity contribution in [1.82, 2.24) is 9.88 Å². The minimum atomic E-state index is -0.216. The predicted molar refractivity (Wildman–Crippen MR) is 222 cm³/mol. The Balaban J connectivity index is 0.978. The molecule has 0 spiro atoms. The second-order valence-corrected chi connectivity index (χ2v) is 15.4. The van der Waals surface area contributed by atoms with E-state index in [2.05, 4.69) is 21.7 Å². The smallest absolute Gasteiger partial charge is 0.308 e. The van der Waals surface area contributed by atoms with Crippen LogP contribution in [-0.4, -0.2) is 62.0 Å². The predicted octanol–water partition coefficient (Wildman–Crippen LogP) is 12.4. The standard InChI is InChI=1S/C44H65Cl2N3O4/c1-2-3-4-5-6-7-8-9-10-11-12-13-14-15-16-17-18-24-43(50)53-36-52-42-28-26-37-25-27-38(35-40(37)47-42)51-34-20-19-29-48-30-32-49(33-31-48)41-23-21-22-39(45)44(41)46/h21-23,25-28,35H,2-20,24,29-34,36H2,1H3. The number of unbranched alkanes of at least 4 members (excludes halogenated alkanes) is 17. The monoisotopic (exact) mass is 769 g/mol. The van der Waals surface area contributed by atoms with Crippen LogP contribution in [0.5, 0.6) is 11.6 Å². The number of hydrogen-bond acceptors (Lipinski definition) is 7. The maximum atomic E-state index is 12.2. The lowest BCUT2D eigenvalue weighted by Crippen LogP contribution is -2.46. The van der Waals surface area contributed by atoms with E-state index in [1.165, 1.54) is 96.3 Å². The fourth-order valence-corrected chi connectivity index (χ4v) is 7.46. The first-order valence-electron chi connectivity index (χ1n) is 20.8. The summed E-state index contributed by atoms with van der Waals surface area (Å²) in [6, 6.07) is 15.5. The number of pyridine rings is 1. The Bertz CT molecular complexity index is 1450. The van der Waals surface area contributed by atoms with Gasteiger partial charge in [-0.1, -0.05) is 139 Å². The fourth-order valence-electron chi connectivity index (χ4n) is 7.05. The Labute approximate surface area is 330 Å². The van der Waals surface area contributed by atoms with Crippen molar-refractivity contribution in [3.05, 3.63) is 58.6 Å². The third-order valence-electron chi connectivity index (χ3n) is 10.3. The Hall–Kier alpha value is -2.74. The van der Waals surface area contributed by atoms with E-state index in [1.807, 2.05) is 42.5 Å². The minimum absolute atomic E-state index is 0.129. The molecule has 1 aliphatic heterocycles. The third-order valence-corrected chi connectivity index (χ3v) is 11.1. The van der Waals surface area contributed by atoms with Gasteiger partial charge in [-0.3, -0.25) is 9.69 Å². The molecule has 9 heteroatoms. The second kappa shape index (κ2) is 26.1. The van der Waals surface area contributed by atoms with Crippen molar-refractivity contribution in [2.24, 2.45) is 0 Å². The molecule has 0 atom stereocenters. The Morgan fingerprint density at radius 3 is 1.98 bits per heavy atom. The van der Waals surface area contributed by atoms with Gasteiger partial charge in [0.1, 0.15) is 5.75 Å².